The second-order valence-electron chi connectivity index (χ2n) is 3.34. The number of carbonyl (C=O) groups excluding carboxylic acids is 1. The van der Waals surface area contributed by atoms with Crippen LogP contribution >= 0.6 is 0 Å². The summed E-state index contributed by atoms with van der Waals surface area (Å²) in [7, 11) is 0. The summed E-state index contributed by atoms with van der Waals surface area (Å²) in [5.41, 5.74) is 1.30. The van der Waals surface area contributed by atoms with Crippen molar-refractivity contribution in [1.29, 1.82) is 0 Å². The fourth-order valence-electron chi connectivity index (χ4n) is 1.11. The monoisotopic (exact) mass is 207 g/mol. The molecule has 80 valence electrons. The summed E-state index contributed by atoms with van der Waals surface area (Å²) < 4.78 is 0. The Balaban J connectivity index is 2.72. The van der Waals surface area contributed by atoms with Crippen LogP contribution in [0.3, 0.4) is 0 Å². The van der Waals surface area contributed by atoms with Crippen LogP contribution in [0.4, 0.5) is 5.69 Å². The van der Waals surface area contributed by atoms with Gasteiger partial charge in [0.2, 0.25) is 0 Å². The first-order valence-corrected chi connectivity index (χ1v) is 4.61. The molecule has 0 bridgehead atoms. The lowest BCUT2D eigenvalue weighted by atomic mass is 10.1. The van der Waals surface area contributed by atoms with Crippen LogP contribution in [0.2, 0.25) is 0 Å². The van der Waals surface area contributed by atoms with Crippen molar-refractivity contribution in [2.24, 2.45) is 0 Å². The standard InChI is InChI=1S/C11H13NO3/c1-7(11(14)15)12-10-5-3-9(4-6-10)8(2)13/h3-7,12H,1-2H3,(H,14,15)/t7-/m0/s1. The Kier molecular flexibility index (Phi) is 3.44. The van der Waals surface area contributed by atoms with Crippen LogP contribution in [-0.4, -0.2) is 22.9 Å². The molecule has 15 heavy (non-hydrogen) atoms. The van der Waals surface area contributed by atoms with E-state index in [0.29, 0.717) is 11.3 Å². The summed E-state index contributed by atoms with van der Waals surface area (Å²) in [4.78, 5) is 21.5. The molecule has 0 unspecified atom stereocenters. The molecule has 0 saturated heterocycles. The first-order chi connectivity index (χ1) is 7.00. The van der Waals surface area contributed by atoms with Crippen LogP contribution in [0.15, 0.2) is 24.3 Å². The van der Waals surface area contributed by atoms with Gasteiger partial charge >= 0.3 is 5.97 Å². The number of aliphatic carboxylic acids is 1. The predicted molar refractivity (Wildman–Crippen MR) is 57.2 cm³/mol. The number of hydrogen-bond donors (Lipinski definition) is 2. The molecule has 0 aromatic heterocycles. The molecule has 0 aliphatic carbocycles. The lowest BCUT2D eigenvalue weighted by molar-refractivity contribution is -0.137. The van der Waals surface area contributed by atoms with Crippen LogP contribution in [-0.2, 0) is 4.79 Å². The van der Waals surface area contributed by atoms with Crippen molar-refractivity contribution in [3.05, 3.63) is 29.8 Å². The molecule has 4 heteroatoms. The van der Waals surface area contributed by atoms with Crippen molar-refractivity contribution in [3.8, 4) is 0 Å². The number of carboxylic acids is 1. The van der Waals surface area contributed by atoms with Gasteiger partial charge in [0.05, 0.1) is 0 Å². The van der Waals surface area contributed by atoms with Gasteiger partial charge in [-0.3, -0.25) is 9.59 Å². The van der Waals surface area contributed by atoms with Gasteiger partial charge < -0.3 is 10.4 Å². The van der Waals surface area contributed by atoms with E-state index in [9.17, 15) is 9.59 Å². The molecule has 0 saturated carbocycles. The molecule has 0 heterocycles. The smallest absolute Gasteiger partial charge is 0.325 e. The molecule has 1 aromatic rings. The maximum Gasteiger partial charge on any atom is 0.325 e. The molecule has 0 amide bonds. The molecule has 0 aliphatic rings. The molecule has 0 radical (unpaired) electrons. The SMILES string of the molecule is CC(=O)c1ccc(N[C@@H](C)C(=O)O)cc1. The molecular weight excluding hydrogens is 194 g/mol. The van der Waals surface area contributed by atoms with Gasteiger partial charge in [0.15, 0.2) is 5.78 Å². The second kappa shape index (κ2) is 4.59. The number of carbonyl (C=O) groups is 2. The third kappa shape index (κ3) is 3.09. The third-order valence-electron chi connectivity index (χ3n) is 2.05. The van der Waals surface area contributed by atoms with E-state index >= 15 is 0 Å². The minimum Gasteiger partial charge on any atom is -0.480 e. The maximum absolute atomic E-state index is 11.0. The summed E-state index contributed by atoms with van der Waals surface area (Å²) in [6.45, 7) is 3.05. The van der Waals surface area contributed by atoms with Gasteiger partial charge in [-0.05, 0) is 38.1 Å². The van der Waals surface area contributed by atoms with Crippen molar-refractivity contribution in [2.45, 2.75) is 19.9 Å². The zero-order valence-corrected chi connectivity index (χ0v) is 8.65. The Morgan fingerprint density at radius 2 is 1.80 bits per heavy atom. The number of ketones is 1. The molecule has 1 aromatic carbocycles. The van der Waals surface area contributed by atoms with Crippen LogP contribution in [0.25, 0.3) is 0 Å². The number of hydrogen-bond acceptors (Lipinski definition) is 3. The Labute approximate surface area is 87.9 Å². The van der Waals surface area contributed by atoms with Gasteiger partial charge in [0, 0.05) is 11.3 Å². The summed E-state index contributed by atoms with van der Waals surface area (Å²) >= 11 is 0. The Morgan fingerprint density at radius 3 is 2.20 bits per heavy atom. The average molecular weight is 207 g/mol. The van der Waals surface area contributed by atoms with Gasteiger partial charge in [-0.2, -0.15) is 0 Å². The lowest BCUT2D eigenvalue weighted by Gasteiger charge is -2.10. The predicted octanol–water partition coefficient (Wildman–Crippen LogP) is 1.77. The Morgan fingerprint density at radius 1 is 1.27 bits per heavy atom. The fourth-order valence-corrected chi connectivity index (χ4v) is 1.11. The van der Waals surface area contributed by atoms with E-state index in [1.165, 1.54) is 6.92 Å². The van der Waals surface area contributed by atoms with Crippen LogP contribution in [0.5, 0.6) is 0 Å². The van der Waals surface area contributed by atoms with E-state index in [1.54, 1.807) is 31.2 Å². The van der Waals surface area contributed by atoms with Crippen molar-refractivity contribution < 1.29 is 14.7 Å². The average Bonchev–Trinajstić information content (AvgIpc) is 2.18. The summed E-state index contributed by atoms with van der Waals surface area (Å²) in [5.74, 6) is -0.918. The first-order valence-electron chi connectivity index (χ1n) is 4.61. The largest absolute Gasteiger partial charge is 0.480 e. The van der Waals surface area contributed by atoms with Crippen molar-refractivity contribution in [1.82, 2.24) is 0 Å². The highest BCUT2D eigenvalue weighted by atomic mass is 16.4. The van der Waals surface area contributed by atoms with Crippen molar-refractivity contribution in [3.63, 3.8) is 0 Å². The first kappa shape index (κ1) is 11.2. The maximum atomic E-state index is 11.0. The van der Waals surface area contributed by atoms with Gasteiger partial charge in [0.1, 0.15) is 6.04 Å². The van der Waals surface area contributed by atoms with Crippen LogP contribution < -0.4 is 5.32 Å². The molecule has 1 atom stereocenters. The van der Waals surface area contributed by atoms with Gasteiger partial charge in [-0.1, -0.05) is 0 Å². The molecule has 2 N–H and O–H groups in total. The van der Waals surface area contributed by atoms with Crippen LogP contribution in [0.1, 0.15) is 24.2 Å². The molecule has 1 rings (SSSR count). The minimum absolute atomic E-state index is 0.00664. The summed E-state index contributed by atoms with van der Waals surface area (Å²) in [6.07, 6.45) is 0. The minimum atomic E-state index is -0.911. The zero-order chi connectivity index (χ0) is 11.4. The number of nitrogens with one attached hydrogen (secondary N) is 1. The third-order valence-corrected chi connectivity index (χ3v) is 2.05. The van der Waals surface area contributed by atoms with Gasteiger partial charge in [-0.25, -0.2) is 0 Å². The summed E-state index contributed by atoms with van der Waals surface area (Å²) in [5, 5.41) is 11.5. The van der Waals surface area contributed by atoms with Crippen molar-refractivity contribution in [2.75, 3.05) is 5.32 Å². The highest BCUT2D eigenvalue weighted by Gasteiger charge is 2.09. The Hall–Kier alpha value is -1.84. The highest BCUT2D eigenvalue weighted by molar-refractivity contribution is 5.94. The molecule has 4 nitrogen and oxygen atoms in total. The number of benzene rings is 1. The molecule has 0 fully saturated rings. The highest BCUT2D eigenvalue weighted by Crippen LogP contribution is 2.11. The molecule has 0 aliphatic heterocycles. The molecular formula is C11H13NO3. The number of carboxylic acid groups (broad SMARTS) is 1. The lowest BCUT2D eigenvalue weighted by Crippen LogP contribution is -2.25. The number of anilines is 1. The summed E-state index contributed by atoms with van der Waals surface area (Å²) in [6, 6.07) is 6.07. The molecule has 0 spiro atoms. The number of Topliss-reactive ketones (excluding diaryl/α,β-unsaturated/α-hetero) is 1. The van der Waals surface area contributed by atoms with Crippen molar-refractivity contribution >= 4 is 17.4 Å². The van der Waals surface area contributed by atoms with E-state index in [2.05, 4.69) is 5.32 Å². The van der Waals surface area contributed by atoms with E-state index in [4.69, 9.17) is 5.11 Å². The van der Waals surface area contributed by atoms with Crippen LogP contribution in [0, 0.1) is 0 Å². The normalized spacial score (nSPS) is 11.9. The van der Waals surface area contributed by atoms with E-state index in [1.807, 2.05) is 0 Å². The van der Waals surface area contributed by atoms with Gasteiger partial charge in [0.25, 0.3) is 0 Å². The quantitative estimate of drug-likeness (QED) is 0.738. The topological polar surface area (TPSA) is 66.4 Å². The van der Waals surface area contributed by atoms with E-state index < -0.39 is 12.0 Å². The Bertz CT molecular complexity index is 370. The van der Waals surface area contributed by atoms with E-state index in [0.717, 1.165) is 0 Å². The van der Waals surface area contributed by atoms with E-state index in [-0.39, 0.29) is 5.78 Å². The second-order valence-corrected chi connectivity index (χ2v) is 3.34. The zero-order valence-electron chi connectivity index (χ0n) is 8.65. The van der Waals surface area contributed by atoms with Gasteiger partial charge in [-0.15, -0.1) is 0 Å². The number of rotatable bonds is 4. The fraction of sp³-hybridized carbons (Fsp3) is 0.273.